The number of hydrogen-bond acceptors (Lipinski definition) is 6. The molecule has 1 aromatic carbocycles. The maximum atomic E-state index is 13.2. The van der Waals surface area contributed by atoms with Crippen LogP contribution >= 0.6 is 0 Å². The van der Waals surface area contributed by atoms with Crippen LogP contribution in [0, 0.1) is 10.8 Å². The van der Waals surface area contributed by atoms with Crippen LogP contribution in [0.25, 0.3) is 0 Å². The molecule has 2 heterocycles. The maximum absolute atomic E-state index is 13.2. The summed E-state index contributed by atoms with van der Waals surface area (Å²) in [5, 5.41) is 19.5. The second kappa shape index (κ2) is 9.70. The minimum absolute atomic E-state index is 0.00854. The molecule has 0 saturated carbocycles. The van der Waals surface area contributed by atoms with Gasteiger partial charge in [-0.05, 0) is 55.3 Å². The molecule has 1 atom stereocenters. The molecule has 1 aliphatic rings. The zero-order valence-corrected chi connectivity index (χ0v) is 18.5. The zero-order valence-electron chi connectivity index (χ0n) is 18.5. The SMILES string of the molecule is CCNCc1cc(OC)cc2c1CN(c1cccc(C(=N)N(C=N)C(C)CC)n1)C2=O. The van der Waals surface area contributed by atoms with Crippen LogP contribution in [-0.4, -0.2) is 47.7 Å². The lowest BCUT2D eigenvalue weighted by molar-refractivity contribution is 0.0995. The number of carbonyl (C=O) groups excluding carboxylic acids is 1. The molecule has 0 bridgehead atoms. The van der Waals surface area contributed by atoms with Crippen molar-refractivity contribution in [3.63, 3.8) is 0 Å². The molecule has 0 radical (unpaired) electrons. The molecule has 3 N–H and O–H groups in total. The van der Waals surface area contributed by atoms with E-state index in [0.717, 1.165) is 30.4 Å². The summed E-state index contributed by atoms with van der Waals surface area (Å²) in [6.07, 6.45) is 1.95. The first kappa shape index (κ1) is 22.4. The highest BCUT2D eigenvalue weighted by molar-refractivity contribution is 6.10. The molecule has 0 spiro atoms. The fraction of sp³-hybridized carbons (Fsp3) is 0.391. The summed E-state index contributed by atoms with van der Waals surface area (Å²) in [4.78, 5) is 21.0. The van der Waals surface area contributed by atoms with E-state index in [2.05, 4.69) is 10.3 Å². The first-order valence-corrected chi connectivity index (χ1v) is 10.5. The van der Waals surface area contributed by atoms with E-state index in [-0.39, 0.29) is 17.8 Å². The van der Waals surface area contributed by atoms with Gasteiger partial charge < -0.3 is 15.0 Å². The van der Waals surface area contributed by atoms with Crippen molar-refractivity contribution in [3.05, 3.63) is 52.7 Å². The number of nitrogens with zero attached hydrogens (tertiary/aromatic N) is 3. The molecule has 8 nitrogen and oxygen atoms in total. The van der Waals surface area contributed by atoms with Crippen LogP contribution in [-0.2, 0) is 13.1 Å². The molecule has 164 valence electrons. The number of anilines is 1. The first-order valence-electron chi connectivity index (χ1n) is 10.5. The van der Waals surface area contributed by atoms with Gasteiger partial charge in [0, 0.05) is 18.2 Å². The number of carbonyl (C=O) groups is 1. The summed E-state index contributed by atoms with van der Waals surface area (Å²) in [6.45, 7) is 7.91. The summed E-state index contributed by atoms with van der Waals surface area (Å²) in [7, 11) is 1.60. The maximum Gasteiger partial charge on any atom is 0.260 e. The third-order valence-electron chi connectivity index (χ3n) is 5.63. The van der Waals surface area contributed by atoms with Crippen LogP contribution in [0.3, 0.4) is 0 Å². The van der Waals surface area contributed by atoms with Crippen molar-refractivity contribution in [2.75, 3.05) is 18.6 Å². The minimum atomic E-state index is -0.131. The Bertz CT molecular complexity index is 990. The quantitative estimate of drug-likeness (QED) is 0.424. The van der Waals surface area contributed by atoms with Crippen LogP contribution in [0.1, 0.15) is 54.4 Å². The Morgan fingerprint density at radius 2 is 2.16 bits per heavy atom. The average Bonchev–Trinajstić information content (AvgIpc) is 3.14. The van der Waals surface area contributed by atoms with Gasteiger partial charge in [-0.3, -0.25) is 20.5 Å². The summed E-state index contributed by atoms with van der Waals surface area (Å²) < 4.78 is 5.40. The highest BCUT2D eigenvalue weighted by atomic mass is 16.5. The zero-order chi connectivity index (χ0) is 22.5. The van der Waals surface area contributed by atoms with Crippen molar-refractivity contribution >= 4 is 23.9 Å². The Morgan fingerprint density at radius 3 is 2.81 bits per heavy atom. The lowest BCUT2D eigenvalue weighted by Crippen LogP contribution is -2.37. The van der Waals surface area contributed by atoms with Crippen LogP contribution in [0.2, 0.25) is 0 Å². The van der Waals surface area contributed by atoms with Crippen molar-refractivity contribution in [1.29, 1.82) is 10.8 Å². The smallest absolute Gasteiger partial charge is 0.260 e. The van der Waals surface area contributed by atoms with Gasteiger partial charge in [0.05, 0.1) is 20.0 Å². The number of aromatic nitrogens is 1. The Hall–Kier alpha value is -3.26. The molecule has 0 saturated heterocycles. The van der Waals surface area contributed by atoms with Crippen LogP contribution in [0.5, 0.6) is 5.75 Å². The number of amides is 1. The Labute approximate surface area is 183 Å². The molecule has 1 aromatic heterocycles. The topological polar surface area (TPSA) is 105 Å². The van der Waals surface area contributed by atoms with E-state index in [4.69, 9.17) is 15.6 Å². The molecule has 8 heteroatoms. The molecule has 1 aliphatic heterocycles. The second-order valence-electron chi connectivity index (χ2n) is 7.51. The second-order valence-corrected chi connectivity index (χ2v) is 7.51. The molecule has 31 heavy (non-hydrogen) atoms. The van der Waals surface area contributed by atoms with E-state index in [1.807, 2.05) is 26.8 Å². The summed E-state index contributed by atoms with van der Waals surface area (Å²) in [6, 6.07) is 9.05. The van der Waals surface area contributed by atoms with Crippen molar-refractivity contribution in [1.82, 2.24) is 15.2 Å². The van der Waals surface area contributed by atoms with E-state index in [9.17, 15) is 4.79 Å². The normalized spacial score (nSPS) is 13.7. The van der Waals surface area contributed by atoms with E-state index in [1.54, 1.807) is 41.2 Å². The molecular weight excluding hydrogens is 392 g/mol. The molecule has 1 amide bonds. The number of benzene rings is 1. The van der Waals surface area contributed by atoms with Gasteiger partial charge in [0.1, 0.15) is 17.3 Å². The predicted octanol–water partition coefficient (Wildman–Crippen LogP) is 3.39. The molecule has 0 aliphatic carbocycles. The minimum Gasteiger partial charge on any atom is -0.497 e. The van der Waals surface area contributed by atoms with E-state index >= 15 is 0 Å². The molecule has 3 rings (SSSR count). The number of hydrogen-bond donors (Lipinski definition) is 3. The van der Waals surface area contributed by atoms with Crippen LogP contribution < -0.4 is 15.0 Å². The number of nitrogens with one attached hydrogen (secondary N) is 3. The summed E-state index contributed by atoms with van der Waals surface area (Å²) in [5.41, 5.74) is 3.04. The monoisotopic (exact) mass is 422 g/mol. The fourth-order valence-corrected chi connectivity index (χ4v) is 3.62. The van der Waals surface area contributed by atoms with Gasteiger partial charge in [-0.1, -0.05) is 19.9 Å². The predicted molar refractivity (Wildman–Crippen MR) is 122 cm³/mol. The van der Waals surface area contributed by atoms with Crippen molar-refractivity contribution < 1.29 is 9.53 Å². The third kappa shape index (κ3) is 4.44. The largest absolute Gasteiger partial charge is 0.497 e. The number of ether oxygens (including phenoxy) is 1. The average molecular weight is 423 g/mol. The van der Waals surface area contributed by atoms with E-state index in [1.165, 1.54) is 0 Å². The van der Waals surface area contributed by atoms with Gasteiger partial charge in [0.2, 0.25) is 0 Å². The lowest BCUT2D eigenvalue weighted by atomic mass is 10.0. The summed E-state index contributed by atoms with van der Waals surface area (Å²) >= 11 is 0. The van der Waals surface area contributed by atoms with Gasteiger partial charge in [0.25, 0.3) is 5.91 Å². The number of rotatable bonds is 9. The van der Waals surface area contributed by atoms with Gasteiger partial charge >= 0.3 is 0 Å². The number of pyridine rings is 1. The lowest BCUT2D eigenvalue weighted by Gasteiger charge is -2.26. The fourth-order valence-electron chi connectivity index (χ4n) is 3.62. The number of methoxy groups -OCH3 is 1. The Balaban J connectivity index is 1.94. The first-order chi connectivity index (χ1) is 14.9. The van der Waals surface area contributed by atoms with E-state index in [0.29, 0.717) is 35.9 Å². The van der Waals surface area contributed by atoms with Gasteiger partial charge in [-0.2, -0.15) is 0 Å². The third-order valence-corrected chi connectivity index (χ3v) is 5.63. The van der Waals surface area contributed by atoms with Crippen LogP contribution in [0.4, 0.5) is 5.82 Å². The Morgan fingerprint density at radius 1 is 1.39 bits per heavy atom. The molecular formula is C23H30N6O2. The van der Waals surface area contributed by atoms with Gasteiger partial charge in [0.15, 0.2) is 5.84 Å². The Kier molecular flexibility index (Phi) is 7.02. The number of amidine groups is 1. The molecule has 1 unspecified atom stereocenters. The molecule has 2 aromatic rings. The van der Waals surface area contributed by atoms with E-state index < -0.39 is 0 Å². The highest BCUT2D eigenvalue weighted by Gasteiger charge is 2.32. The standard InChI is InChI=1S/C23H30N6O2/c1-5-15(3)29(14-24)22(25)20-8-7-9-21(27-20)28-13-19-16(12-26-6-2)10-17(31-4)11-18(19)23(28)30/h7-11,14-15,24-26H,5-6,12-13H2,1-4H3. The van der Waals surface area contributed by atoms with Crippen molar-refractivity contribution in [3.8, 4) is 5.75 Å². The van der Waals surface area contributed by atoms with Gasteiger partial charge in [-0.25, -0.2) is 4.98 Å². The van der Waals surface area contributed by atoms with Crippen LogP contribution in [0.15, 0.2) is 30.3 Å². The van der Waals surface area contributed by atoms with Crippen molar-refractivity contribution in [2.45, 2.75) is 46.3 Å². The number of fused-ring (bicyclic) bond motifs is 1. The molecule has 0 fully saturated rings. The summed E-state index contributed by atoms with van der Waals surface area (Å²) in [5.74, 6) is 1.16. The van der Waals surface area contributed by atoms with Gasteiger partial charge in [-0.15, -0.1) is 0 Å². The highest BCUT2D eigenvalue weighted by Crippen LogP contribution is 2.33. The van der Waals surface area contributed by atoms with Crippen molar-refractivity contribution in [2.24, 2.45) is 0 Å².